The second kappa shape index (κ2) is 8.56. The molecule has 2 heterocycles. The molecule has 0 unspecified atom stereocenters. The molecule has 0 amide bonds. The van der Waals surface area contributed by atoms with Crippen molar-refractivity contribution in [3.05, 3.63) is 58.3 Å². The number of aromatic nitrogens is 1. The molecular formula is C18H22N4O4S2. The van der Waals surface area contributed by atoms with Gasteiger partial charge in [-0.15, -0.1) is 0 Å². The lowest BCUT2D eigenvalue weighted by Gasteiger charge is -2.31. The van der Waals surface area contributed by atoms with Crippen LogP contribution in [0.3, 0.4) is 0 Å². The number of nitro benzene ring substituents is 1. The Labute approximate surface area is 168 Å². The molecule has 3 rings (SSSR count). The van der Waals surface area contributed by atoms with Crippen LogP contribution in [-0.2, 0) is 10.0 Å². The summed E-state index contributed by atoms with van der Waals surface area (Å²) in [5, 5.41) is 11.5. The maximum absolute atomic E-state index is 12.7. The number of thioether (sulfide) groups is 1. The Morgan fingerprint density at radius 1 is 1.18 bits per heavy atom. The van der Waals surface area contributed by atoms with Crippen molar-refractivity contribution >= 4 is 27.5 Å². The van der Waals surface area contributed by atoms with Crippen LogP contribution in [0.5, 0.6) is 0 Å². The van der Waals surface area contributed by atoms with Crippen molar-refractivity contribution in [3.8, 4) is 0 Å². The fourth-order valence-corrected chi connectivity index (χ4v) is 5.18. The monoisotopic (exact) mass is 422 g/mol. The topological polar surface area (TPSA) is 96.7 Å². The largest absolute Gasteiger partial charge is 0.304 e. The van der Waals surface area contributed by atoms with E-state index in [2.05, 4.69) is 9.88 Å². The van der Waals surface area contributed by atoms with Crippen LogP contribution in [0.4, 0.5) is 5.69 Å². The van der Waals surface area contributed by atoms with Crippen molar-refractivity contribution in [2.24, 2.45) is 0 Å². The Bertz CT molecular complexity index is 942. The first kappa shape index (κ1) is 20.7. The van der Waals surface area contributed by atoms with E-state index in [1.54, 1.807) is 24.3 Å². The number of rotatable bonds is 6. The van der Waals surface area contributed by atoms with E-state index >= 15 is 0 Å². The number of likely N-dealkylation sites (N-methyl/N-ethyl adjacent to an activating group) is 1. The van der Waals surface area contributed by atoms with E-state index in [9.17, 15) is 18.5 Å². The molecule has 0 radical (unpaired) electrons. The van der Waals surface area contributed by atoms with Crippen molar-refractivity contribution < 1.29 is 13.3 Å². The third kappa shape index (κ3) is 4.69. The minimum Gasteiger partial charge on any atom is -0.304 e. The van der Waals surface area contributed by atoms with Crippen LogP contribution in [0.2, 0.25) is 0 Å². The summed E-state index contributed by atoms with van der Waals surface area (Å²) in [5.41, 5.74) is 0.863. The SMILES string of the molecule is C[C@H](Sc1ccc(S(=O)(=O)N2CCN(C)CC2)cn1)c1cccc([N+](=O)[O-])c1. The maximum Gasteiger partial charge on any atom is 0.269 e. The normalized spacial score (nSPS) is 17.4. The average Bonchev–Trinajstić information content (AvgIpc) is 2.69. The van der Waals surface area contributed by atoms with Gasteiger partial charge in [0.25, 0.3) is 5.69 Å². The van der Waals surface area contributed by atoms with Gasteiger partial charge in [-0.1, -0.05) is 23.9 Å². The molecular weight excluding hydrogens is 400 g/mol. The smallest absolute Gasteiger partial charge is 0.269 e. The number of piperazine rings is 1. The first-order valence-corrected chi connectivity index (χ1v) is 11.1. The minimum atomic E-state index is -3.54. The van der Waals surface area contributed by atoms with Crippen molar-refractivity contribution in [2.75, 3.05) is 33.2 Å². The van der Waals surface area contributed by atoms with Crippen molar-refractivity contribution in [1.29, 1.82) is 0 Å². The summed E-state index contributed by atoms with van der Waals surface area (Å²) in [6.07, 6.45) is 1.39. The number of hydrogen-bond donors (Lipinski definition) is 0. The molecule has 1 aromatic heterocycles. The molecule has 1 aliphatic heterocycles. The van der Waals surface area contributed by atoms with Gasteiger partial charge in [0.05, 0.1) is 9.95 Å². The highest BCUT2D eigenvalue weighted by Gasteiger charge is 2.27. The Morgan fingerprint density at radius 3 is 2.50 bits per heavy atom. The summed E-state index contributed by atoms with van der Waals surface area (Å²) in [6, 6.07) is 9.74. The van der Waals surface area contributed by atoms with Crippen molar-refractivity contribution in [2.45, 2.75) is 22.1 Å². The lowest BCUT2D eigenvalue weighted by atomic mass is 10.1. The van der Waals surface area contributed by atoms with E-state index in [0.717, 1.165) is 5.56 Å². The van der Waals surface area contributed by atoms with Crippen LogP contribution in [0.15, 0.2) is 52.5 Å². The molecule has 150 valence electrons. The molecule has 2 aromatic rings. The highest BCUT2D eigenvalue weighted by atomic mass is 32.2. The van der Waals surface area contributed by atoms with Gasteiger partial charge in [-0.3, -0.25) is 10.1 Å². The second-order valence-electron chi connectivity index (χ2n) is 6.65. The molecule has 0 N–H and O–H groups in total. The van der Waals surface area contributed by atoms with Crippen LogP contribution in [0.1, 0.15) is 17.7 Å². The molecule has 1 saturated heterocycles. The third-order valence-electron chi connectivity index (χ3n) is 4.66. The van der Waals surface area contributed by atoms with Gasteiger partial charge in [-0.25, -0.2) is 13.4 Å². The highest BCUT2D eigenvalue weighted by Crippen LogP contribution is 2.35. The summed E-state index contributed by atoms with van der Waals surface area (Å²) in [4.78, 5) is 17.1. The number of non-ortho nitro benzene ring substituents is 1. The fourth-order valence-electron chi connectivity index (χ4n) is 2.91. The number of benzene rings is 1. The van der Waals surface area contributed by atoms with E-state index in [-0.39, 0.29) is 15.8 Å². The number of nitro groups is 1. The summed E-state index contributed by atoms with van der Waals surface area (Å²) < 4.78 is 27.0. The molecule has 1 aromatic carbocycles. The zero-order chi connectivity index (χ0) is 20.3. The molecule has 1 atom stereocenters. The molecule has 28 heavy (non-hydrogen) atoms. The number of pyridine rings is 1. The fraction of sp³-hybridized carbons (Fsp3) is 0.389. The Hall–Kier alpha value is -2.01. The second-order valence-corrected chi connectivity index (χ2v) is 9.95. The molecule has 8 nitrogen and oxygen atoms in total. The van der Waals surface area contributed by atoms with Crippen LogP contribution < -0.4 is 0 Å². The maximum atomic E-state index is 12.7. The van der Waals surface area contributed by atoms with Gasteiger partial charge in [0.2, 0.25) is 10.0 Å². The van der Waals surface area contributed by atoms with Crippen LogP contribution >= 0.6 is 11.8 Å². The van der Waals surface area contributed by atoms with Crippen LogP contribution in [0.25, 0.3) is 0 Å². The molecule has 10 heteroatoms. The molecule has 1 aliphatic rings. The Kier molecular flexibility index (Phi) is 6.33. The summed E-state index contributed by atoms with van der Waals surface area (Å²) >= 11 is 1.42. The number of sulfonamides is 1. The van der Waals surface area contributed by atoms with E-state index < -0.39 is 14.9 Å². The molecule has 0 saturated carbocycles. The van der Waals surface area contributed by atoms with Gasteiger partial charge >= 0.3 is 0 Å². The molecule has 0 bridgehead atoms. The average molecular weight is 423 g/mol. The van der Waals surface area contributed by atoms with Gasteiger partial charge in [0.15, 0.2) is 0 Å². The molecule has 0 aliphatic carbocycles. The predicted molar refractivity (Wildman–Crippen MR) is 108 cm³/mol. The standard InChI is InChI=1S/C18H22N4O4S2/c1-14(15-4-3-5-16(12-15)22(23)24)27-18-7-6-17(13-19-18)28(25,26)21-10-8-20(2)9-11-21/h3-7,12-14H,8-11H2,1-2H3/t14-/m0/s1. The summed E-state index contributed by atoms with van der Waals surface area (Å²) in [7, 11) is -1.57. The van der Waals surface area contributed by atoms with Gasteiger partial charge in [0.1, 0.15) is 4.90 Å². The number of nitrogens with zero attached hydrogens (tertiary/aromatic N) is 4. The van der Waals surface area contributed by atoms with Gasteiger partial charge in [-0.2, -0.15) is 4.31 Å². The quantitative estimate of drug-likeness (QED) is 0.401. The van der Waals surface area contributed by atoms with Crippen molar-refractivity contribution in [3.63, 3.8) is 0 Å². The van der Waals surface area contributed by atoms with Gasteiger partial charge in [-0.05, 0) is 31.7 Å². The van der Waals surface area contributed by atoms with E-state index in [1.807, 2.05) is 20.0 Å². The molecule has 0 spiro atoms. The molecule has 1 fully saturated rings. The third-order valence-corrected chi connectivity index (χ3v) is 7.65. The minimum absolute atomic E-state index is 0.0477. The van der Waals surface area contributed by atoms with Crippen LogP contribution in [0, 0.1) is 10.1 Å². The zero-order valence-corrected chi connectivity index (χ0v) is 17.3. The van der Waals surface area contributed by atoms with Crippen molar-refractivity contribution in [1.82, 2.24) is 14.2 Å². The lowest BCUT2D eigenvalue weighted by molar-refractivity contribution is -0.384. The lowest BCUT2D eigenvalue weighted by Crippen LogP contribution is -2.47. The highest BCUT2D eigenvalue weighted by molar-refractivity contribution is 7.99. The first-order chi connectivity index (χ1) is 13.3. The van der Waals surface area contributed by atoms with E-state index in [4.69, 9.17) is 0 Å². The van der Waals surface area contributed by atoms with E-state index in [0.29, 0.717) is 31.2 Å². The first-order valence-electron chi connectivity index (χ1n) is 8.83. The van der Waals surface area contributed by atoms with Gasteiger partial charge in [0, 0.05) is 49.8 Å². The number of hydrogen-bond acceptors (Lipinski definition) is 7. The summed E-state index contributed by atoms with van der Waals surface area (Å²) in [5.74, 6) is 0. The zero-order valence-electron chi connectivity index (χ0n) is 15.7. The predicted octanol–water partition coefficient (Wildman–Crippen LogP) is 2.78. The summed E-state index contributed by atoms with van der Waals surface area (Å²) in [6.45, 7) is 4.29. The van der Waals surface area contributed by atoms with Gasteiger partial charge < -0.3 is 4.90 Å². The Morgan fingerprint density at radius 2 is 1.89 bits per heavy atom. The van der Waals surface area contributed by atoms with Crippen LogP contribution in [-0.4, -0.2) is 60.8 Å². The van der Waals surface area contributed by atoms with E-state index in [1.165, 1.54) is 28.3 Å². The Balaban J connectivity index is 1.70.